The van der Waals surface area contributed by atoms with Crippen LogP contribution in [0.15, 0.2) is 18.2 Å². The highest BCUT2D eigenvalue weighted by molar-refractivity contribution is 7.88. The number of hydrogen-bond acceptors (Lipinski definition) is 5. The molecule has 1 aliphatic heterocycles. The quantitative estimate of drug-likeness (QED) is 0.722. The molecule has 27 heavy (non-hydrogen) atoms. The Kier molecular flexibility index (Phi) is 7.79. The first-order valence-electron chi connectivity index (χ1n) is 9.33. The number of nitrogens with one attached hydrogen (secondary N) is 1. The minimum absolute atomic E-state index is 0.185. The van der Waals surface area contributed by atoms with Crippen molar-refractivity contribution in [2.75, 3.05) is 57.5 Å². The van der Waals surface area contributed by atoms with Crippen LogP contribution in [0.3, 0.4) is 0 Å². The summed E-state index contributed by atoms with van der Waals surface area (Å²) in [5.74, 6) is -0.0638. The fourth-order valence-electron chi connectivity index (χ4n) is 3.12. The number of para-hydroxylation sites is 1. The Bertz CT molecular complexity index is 743. The number of sulfonamides is 1. The van der Waals surface area contributed by atoms with Gasteiger partial charge >= 0.3 is 0 Å². The van der Waals surface area contributed by atoms with Crippen LogP contribution in [0.5, 0.6) is 0 Å². The Hall–Kier alpha value is -1.48. The topological polar surface area (TPSA) is 79.0 Å². The van der Waals surface area contributed by atoms with E-state index >= 15 is 0 Å². The van der Waals surface area contributed by atoms with Gasteiger partial charge in [-0.1, -0.05) is 32.0 Å². The third-order valence-electron chi connectivity index (χ3n) is 4.75. The Morgan fingerprint density at radius 1 is 1.30 bits per heavy atom. The van der Waals surface area contributed by atoms with Gasteiger partial charge < -0.3 is 10.1 Å². The molecule has 0 aliphatic carbocycles. The summed E-state index contributed by atoms with van der Waals surface area (Å²) in [5.41, 5.74) is 2.79. The first-order valence-corrected chi connectivity index (χ1v) is 11.2. The molecule has 1 saturated heterocycles. The molecular formula is C19H31N3O4S. The molecule has 152 valence electrons. The molecule has 1 aromatic rings. The maximum atomic E-state index is 12.6. The smallest absolute Gasteiger partial charge is 0.239 e. The maximum Gasteiger partial charge on any atom is 0.239 e. The number of benzene rings is 1. The highest BCUT2D eigenvalue weighted by Gasteiger charge is 2.22. The third kappa shape index (κ3) is 6.57. The van der Waals surface area contributed by atoms with E-state index in [1.807, 2.05) is 25.1 Å². The van der Waals surface area contributed by atoms with E-state index in [0.29, 0.717) is 19.8 Å². The summed E-state index contributed by atoms with van der Waals surface area (Å²) in [6, 6.07) is 5.89. The molecule has 1 fully saturated rings. The number of nitrogens with zero attached hydrogens (tertiary/aromatic N) is 2. The summed E-state index contributed by atoms with van der Waals surface area (Å²) in [5, 5.41) is 2.92. The summed E-state index contributed by atoms with van der Waals surface area (Å²) < 4.78 is 30.8. The van der Waals surface area contributed by atoms with Crippen molar-refractivity contribution in [2.24, 2.45) is 0 Å². The number of carbonyl (C=O) groups is 1. The number of ether oxygens (including phenoxy) is 1. The van der Waals surface area contributed by atoms with Crippen LogP contribution < -0.4 is 5.32 Å². The monoisotopic (exact) mass is 397 g/mol. The van der Waals surface area contributed by atoms with Gasteiger partial charge in [-0.3, -0.25) is 9.69 Å². The van der Waals surface area contributed by atoms with Crippen LogP contribution >= 0.6 is 0 Å². The van der Waals surface area contributed by atoms with E-state index in [9.17, 15) is 13.2 Å². The Morgan fingerprint density at radius 2 is 1.96 bits per heavy atom. The van der Waals surface area contributed by atoms with Crippen LogP contribution in [0, 0.1) is 6.92 Å². The fraction of sp³-hybridized carbons (Fsp3) is 0.632. The van der Waals surface area contributed by atoms with Gasteiger partial charge in [0.15, 0.2) is 0 Å². The van der Waals surface area contributed by atoms with Crippen LogP contribution in [-0.4, -0.2) is 75.7 Å². The molecule has 1 aromatic carbocycles. The normalized spacial score (nSPS) is 16.1. The Balaban J connectivity index is 2.04. The molecule has 0 saturated carbocycles. The van der Waals surface area contributed by atoms with Crippen molar-refractivity contribution in [3.8, 4) is 0 Å². The standard InChI is InChI=1S/C19H31N3O4S/c1-15(2)17-7-5-6-16(3)19(17)20-18(23)14-22(27(4,24)25)9-8-21-10-12-26-13-11-21/h5-7,15H,8-14H2,1-4H3,(H,20,23). The lowest BCUT2D eigenvalue weighted by Crippen LogP contribution is -2.45. The molecule has 0 radical (unpaired) electrons. The van der Waals surface area contributed by atoms with Crippen molar-refractivity contribution in [3.63, 3.8) is 0 Å². The molecule has 8 heteroatoms. The van der Waals surface area contributed by atoms with Crippen LogP contribution in [0.2, 0.25) is 0 Å². The molecule has 2 rings (SSSR count). The number of aryl methyl sites for hydroxylation is 1. The largest absolute Gasteiger partial charge is 0.379 e. The first kappa shape index (κ1) is 21.8. The lowest BCUT2D eigenvalue weighted by molar-refractivity contribution is -0.116. The van der Waals surface area contributed by atoms with E-state index in [1.54, 1.807) is 0 Å². The zero-order valence-electron chi connectivity index (χ0n) is 16.7. The number of anilines is 1. The Labute approximate surface area is 162 Å². The van der Waals surface area contributed by atoms with Crippen LogP contribution in [-0.2, 0) is 19.6 Å². The van der Waals surface area contributed by atoms with Crippen LogP contribution in [0.1, 0.15) is 30.9 Å². The zero-order valence-corrected chi connectivity index (χ0v) is 17.5. The molecule has 0 aromatic heterocycles. The van der Waals surface area contributed by atoms with Crippen molar-refractivity contribution in [1.29, 1.82) is 0 Å². The molecule has 1 N–H and O–H groups in total. The van der Waals surface area contributed by atoms with Crippen molar-refractivity contribution in [3.05, 3.63) is 29.3 Å². The highest BCUT2D eigenvalue weighted by Crippen LogP contribution is 2.27. The fourth-order valence-corrected chi connectivity index (χ4v) is 3.89. The third-order valence-corrected chi connectivity index (χ3v) is 6.00. The van der Waals surface area contributed by atoms with E-state index in [-0.39, 0.29) is 24.9 Å². The van der Waals surface area contributed by atoms with Gasteiger partial charge in [-0.25, -0.2) is 8.42 Å². The number of rotatable bonds is 8. The van der Waals surface area contributed by atoms with Crippen molar-refractivity contribution < 1.29 is 17.9 Å². The van der Waals surface area contributed by atoms with Gasteiger partial charge in [0.25, 0.3) is 0 Å². The van der Waals surface area contributed by atoms with Gasteiger partial charge in [-0.2, -0.15) is 4.31 Å². The summed E-state index contributed by atoms with van der Waals surface area (Å²) >= 11 is 0. The number of morpholine rings is 1. The molecule has 1 heterocycles. The summed E-state index contributed by atoms with van der Waals surface area (Å²) in [4.78, 5) is 14.7. The lowest BCUT2D eigenvalue weighted by Gasteiger charge is -2.29. The molecule has 1 aliphatic rings. The summed E-state index contributed by atoms with van der Waals surface area (Å²) in [6.45, 7) is 9.64. The van der Waals surface area contributed by atoms with Crippen LogP contribution in [0.25, 0.3) is 0 Å². The van der Waals surface area contributed by atoms with Gasteiger partial charge in [0, 0.05) is 31.9 Å². The molecule has 0 bridgehead atoms. The second-order valence-electron chi connectivity index (χ2n) is 7.29. The lowest BCUT2D eigenvalue weighted by atomic mass is 9.98. The number of hydrogen-bond donors (Lipinski definition) is 1. The predicted molar refractivity (Wildman–Crippen MR) is 108 cm³/mol. The van der Waals surface area contributed by atoms with E-state index < -0.39 is 10.0 Å². The van der Waals surface area contributed by atoms with Gasteiger partial charge in [-0.05, 0) is 24.0 Å². The SMILES string of the molecule is Cc1cccc(C(C)C)c1NC(=O)CN(CCN1CCOCC1)S(C)(=O)=O. The summed E-state index contributed by atoms with van der Waals surface area (Å²) in [7, 11) is -3.48. The summed E-state index contributed by atoms with van der Waals surface area (Å²) in [6.07, 6.45) is 1.15. The minimum Gasteiger partial charge on any atom is -0.379 e. The maximum absolute atomic E-state index is 12.6. The second-order valence-corrected chi connectivity index (χ2v) is 9.28. The average Bonchev–Trinajstić information content (AvgIpc) is 2.60. The van der Waals surface area contributed by atoms with Crippen molar-refractivity contribution in [2.45, 2.75) is 26.7 Å². The number of carbonyl (C=O) groups excluding carboxylic acids is 1. The van der Waals surface area contributed by atoms with E-state index in [2.05, 4.69) is 24.1 Å². The number of amides is 1. The molecule has 1 amide bonds. The zero-order chi connectivity index (χ0) is 20.0. The van der Waals surface area contributed by atoms with E-state index in [4.69, 9.17) is 4.74 Å². The molecule has 7 nitrogen and oxygen atoms in total. The van der Waals surface area contributed by atoms with Gasteiger partial charge in [0.1, 0.15) is 0 Å². The highest BCUT2D eigenvalue weighted by atomic mass is 32.2. The van der Waals surface area contributed by atoms with Crippen LogP contribution in [0.4, 0.5) is 5.69 Å². The first-order chi connectivity index (χ1) is 12.7. The van der Waals surface area contributed by atoms with E-state index in [0.717, 1.165) is 36.2 Å². The molecule has 0 unspecified atom stereocenters. The predicted octanol–water partition coefficient (Wildman–Crippen LogP) is 1.65. The Morgan fingerprint density at radius 3 is 2.56 bits per heavy atom. The van der Waals surface area contributed by atoms with Gasteiger partial charge in [-0.15, -0.1) is 0 Å². The van der Waals surface area contributed by atoms with Crippen molar-refractivity contribution in [1.82, 2.24) is 9.21 Å². The van der Waals surface area contributed by atoms with Crippen molar-refractivity contribution >= 4 is 21.6 Å². The van der Waals surface area contributed by atoms with Gasteiger partial charge in [0.2, 0.25) is 15.9 Å². The molecular weight excluding hydrogens is 366 g/mol. The average molecular weight is 398 g/mol. The molecule has 0 spiro atoms. The van der Waals surface area contributed by atoms with E-state index in [1.165, 1.54) is 4.31 Å². The second kappa shape index (κ2) is 9.64. The van der Waals surface area contributed by atoms with Gasteiger partial charge in [0.05, 0.1) is 26.0 Å². The minimum atomic E-state index is -3.48. The molecule has 0 atom stereocenters.